The lowest BCUT2D eigenvalue weighted by atomic mass is 9.83. The zero-order valence-corrected chi connectivity index (χ0v) is 36.6. The maximum Gasteiger partial charge on any atom is 0.308 e. The Balaban J connectivity index is 0.000000195. The molecule has 3 unspecified atom stereocenters. The molecule has 0 saturated heterocycles. The lowest BCUT2D eigenvalue weighted by Crippen LogP contribution is -2.50. The fraction of sp³-hybridized carbons (Fsp3) is 0.286. The molecule has 0 spiro atoms. The number of aromatic nitrogens is 4. The van der Waals surface area contributed by atoms with E-state index in [2.05, 4.69) is 10.2 Å². The molecule has 2 aliphatic rings. The summed E-state index contributed by atoms with van der Waals surface area (Å²) in [5.41, 5.74) is 1.45. The molecule has 2 aliphatic heterocycles. The summed E-state index contributed by atoms with van der Waals surface area (Å²) >= 11 is 0. The Hall–Kier alpha value is -7.49. The van der Waals surface area contributed by atoms with Gasteiger partial charge in [-0.05, 0) is 86.3 Å². The molecule has 4 aromatic carbocycles. The summed E-state index contributed by atoms with van der Waals surface area (Å²) in [5, 5.41) is 18.8. The summed E-state index contributed by atoms with van der Waals surface area (Å²) in [6, 6.07) is 28.4. The van der Waals surface area contributed by atoms with Crippen molar-refractivity contribution in [3.8, 4) is 17.2 Å². The van der Waals surface area contributed by atoms with E-state index in [4.69, 9.17) is 9.47 Å². The number of hydrogen-bond acceptors (Lipinski definition) is 10. The predicted molar refractivity (Wildman–Crippen MR) is 236 cm³/mol. The van der Waals surface area contributed by atoms with Crippen LogP contribution in [-0.4, -0.2) is 84.5 Å². The number of nitrogens with zero attached hydrogens (tertiary/aromatic N) is 6. The van der Waals surface area contributed by atoms with Gasteiger partial charge in [-0.3, -0.25) is 33.3 Å². The molecule has 336 valence electrons. The van der Waals surface area contributed by atoms with Gasteiger partial charge in [0, 0.05) is 44.9 Å². The number of esters is 1. The third kappa shape index (κ3) is 9.56. The molecule has 0 fully saturated rings. The van der Waals surface area contributed by atoms with Crippen LogP contribution >= 0.6 is 0 Å². The average molecular weight is 887 g/mol. The van der Waals surface area contributed by atoms with E-state index in [0.29, 0.717) is 17.7 Å². The first-order chi connectivity index (χ1) is 31.0. The number of fused-ring (bicyclic) bond motifs is 2. The highest BCUT2D eigenvalue weighted by molar-refractivity contribution is 5.97. The van der Waals surface area contributed by atoms with Gasteiger partial charge in [0.25, 0.3) is 11.8 Å². The quantitative estimate of drug-likeness (QED) is 0.143. The predicted octanol–water partition coefficient (Wildman–Crippen LogP) is 6.88. The SMILES string of the molecule is CC(=O)Oc1c2n(ncc1=O)C(C(c1cccc(F)c1)c1cccc(F)c1)CN(C(C)C)C2=O.CC(C)Oc1cccc(C(c2ccccc2)C2CN(C)C(=O)c3c(O)c(=O)cnn32)c1. The summed E-state index contributed by atoms with van der Waals surface area (Å²) in [7, 11) is 1.66. The number of benzene rings is 4. The topological polar surface area (TPSA) is 166 Å². The normalized spacial score (nSPS) is 16.2. The van der Waals surface area contributed by atoms with E-state index in [9.17, 15) is 37.9 Å². The van der Waals surface area contributed by atoms with Gasteiger partial charge in [-0.2, -0.15) is 10.2 Å². The largest absolute Gasteiger partial charge is 0.502 e. The fourth-order valence-electron chi connectivity index (χ4n) is 8.50. The summed E-state index contributed by atoms with van der Waals surface area (Å²) in [6.07, 6.45) is 2.07. The molecule has 4 heterocycles. The molecule has 0 saturated carbocycles. The third-order valence-corrected chi connectivity index (χ3v) is 11.2. The summed E-state index contributed by atoms with van der Waals surface area (Å²) < 4.78 is 42.4. The average Bonchev–Trinajstić information content (AvgIpc) is 3.26. The van der Waals surface area contributed by atoms with Crippen LogP contribution in [0, 0.1) is 11.6 Å². The van der Waals surface area contributed by atoms with Gasteiger partial charge in [0.1, 0.15) is 17.4 Å². The molecule has 0 aliphatic carbocycles. The van der Waals surface area contributed by atoms with Gasteiger partial charge < -0.3 is 24.4 Å². The van der Waals surface area contributed by atoms with Crippen molar-refractivity contribution >= 4 is 17.8 Å². The highest BCUT2D eigenvalue weighted by Gasteiger charge is 2.42. The van der Waals surface area contributed by atoms with Crippen LogP contribution < -0.4 is 20.3 Å². The van der Waals surface area contributed by atoms with Crippen LogP contribution in [0.5, 0.6) is 17.2 Å². The maximum absolute atomic E-state index is 14.3. The molecule has 2 amide bonds. The van der Waals surface area contributed by atoms with Crippen LogP contribution in [0.15, 0.2) is 125 Å². The van der Waals surface area contributed by atoms with E-state index in [1.165, 1.54) is 43.4 Å². The van der Waals surface area contributed by atoms with Crippen LogP contribution in [0.25, 0.3) is 0 Å². The molecule has 6 aromatic rings. The van der Waals surface area contributed by atoms with Crippen LogP contribution in [0.1, 0.15) is 102 Å². The number of amides is 2. The molecule has 16 heteroatoms. The zero-order chi connectivity index (χ0) is 46.7. The third-order valence-electron chi connectivity index (χ3n) is 11.2. The Labute approximate surface area is 373 Å². The second-order valence-electron chi connectivity index (χ2n) is 16.5. The van der Waals surface area contributed by atoms with Gasteiger partial charge in [0.2, 0.25) is 16.6 Å². The number of likely N-dealkylation sites (N-methyl/N-ethyl adjacent to an activating group) is 1. The first-order valence-corrected chi connectivity index (χ1v) is 21.0. The number of carbonyl (C=O) groups excluding carboxylic acids is 3. The number of hydrogen-bond donors (Lipinski definition) is 1. The molecule has 0 radical (unpaired) electrons. The van der Waals surface area contributed by atoms with Crippen molar-refractivity contribution < 1.29 is 37.7 Å². The second kappa shape index (κ2) is 19.1. The molecule has 0 bridgehead atoms. The van der Waals surface area contributed by atoms with Crippen molar-refractivity contribution in [3.05, 3.63) is 181 Å². The fourth-order valence-corrected chi connectivity index (χ4v) is 8.50. The molecule has 8 rings (SSSR count). The first-order valence-electron chi connectivity index (χ1n) is 21.0. The van der Waals surface area contributed by atoms with Gasteiger partial charge in [-0.15, -0.1) is 0 Å². The Morgan fingerprint density at radius 3 is 1.77 bits per heavy atom. The van der Waals surface area contributed by atoms with E-state index < -0.39 is 63.7 Å². The van der Waals surface area contributed by atoms with E-state index in [-0.39, 0.29) is 42.0 Å². The van der Waals surface area contributed by atoms with Crippen molar-refractivity contribution in [1.29, 1.82) is 0 Å². The summed E-state index contributed by atoms with van der Waals surface area (Å²) in [4.78, 5) is 65.4. The molecular formula is C49H48F2N6O8. The molecule has 3 atom stereocenters. The Kier molecular flexibility index (Phi) is 13.4. The van der Waals surface area contributed by atoms with Gasteiger partial charge >= 0.3 is 5.97 Å². The van der Waals surface area contributed by atoms with Gasteiger partial charge in [0.15, 0.2) is 17.1 Å². The number of rotatable bonds is 10. The summed E-state index contributed by atoms with van der Waals surface area (Å²) in [5.74, 6) is -3.72. The van der Waals surface area contributed by atoms with Gasteiger partial charge in [0.05, 0.1) is 30.6 Å². The second-order valence-corrected chi connectivity index (χ2v) is 16.5. The molecule has 65 heavy (non-hydrogen) atoms. The first kappa shape index (κ1) is 45.5. The van der Waals surface area contributed by atoms with Gasteiger partial charge in [-0.25, -0.2) is 8.78 Å². The number of aromatic hydroxyl groups is 1. The van der Waals surface area contributed by atoms with Gasteiger partial charge in [-0.1, -0.05) is 66.7 Å². The van der Waals surface area contributed by atoms with Crippen molar-refractivity contribution in [2.24, 2.45) is 0 Å². The van der Waals surface area contributed by atoms with Crippen molar-refractivity contribution in [2.45, 2.75) is 70.7 Å². The van der Waals surface area contributed by atoms with E-state index in [1.54, 1.807) is 31.3 Å². The maximum atomic E-state index is 14.3. The number of halogens is 2. The summed E-state index contributed by atoms with van der Waals surface area (Å²) in [6.45, 7) is 9.22. The van der Waals surface area contributed by atoms with Crippen molar-refractivity contribution in [1.82, 2.24) is 29.4 Å². The van der Waals surface area contributed by atoms with Crippen LogP contribution in [0.2, 0.25) is 0 Å². The van der Waals surface area contributed by atoms with Crippen molar-refractivity contribution in [2.75, 3.05) is 20.1 Å². The Bertz CT molecular complexity index is 2820. The zero-order valence-electron chi connectivity index (χ0n) is 36.6. The minimum absolute atomic E-state index is 0.0352. The van der Waals surface area contributed by atoms with Crippen LogP contribution in [0.4, 0.5) is 8.78 Å². The Morgan fingerprint density at radius 2 is 1.20 bits per heavy atom. The standard InChI is InChI=1S/C25H23F2N3O4.C24H25N3O4/c1-14(2)29-13-20(30-23(25(29)33)24(34-15(3)31)21(32)12-28-30)22(16-6-4-8-18(26)10-16)17-7-5-9-19(27)11-17;1-15(2)31-18-11-7-10-17(12-18)21(16-8-5-4-6-9-16)19-14-26(3)24(30)22-23(29)20(28)13-25-27(19)22/h4-12,14,20,22H,13H2,1-3H3;4-13,15,19,21,29H,14H2,1-3H3. The number of ether oxygens (including phenoxy) is 2. The highest BCUT2D eigenvalue weighted by Crippen LogP contribution is 2.42. The van der Waals surface area contributed by atoms with Crippen LogP contribution in [0.3, 0.4) is 0 Å². The lowest BCUT2D eigenvalue weighted by Gasteiger charge is -2.41. The number of carbonyl (C=O) groups is 3. The van der Waals surface area contributed by atoms with E-state index in [1.807, 2.05) is 82.3 Å². The Morgan fingerprint density at radius 1 is 0.677 bits per heavy atom. The highest BCUT2D eigenvalue weighted by atomic mass is 19.1. The van der Waals surface area contributed by atoms with E-state index >= 15 is 0 Å². The molecule has 1 N–H and O–H groups in total. The molecular weight excluding hydrogens is 839 g/mol. The molecule has 2 aromatic heterocycles. The molecule has 14 nitrogen and oxygen atoms in total. The minimum atomic E-state index is -0.760. The lowest BCUT2D eigenvalue weighted by molar-refractivity contribution is -0.132. The van der Waals surface area contributed by atoms with E-state index in [0.717, 1.165) is 36.2 Å². The smallest absolute Gasteiger partial charge is 0.308 e. The monoisotopic (exact) mass is 886 g/mol. The van der Waals surface area contributed by atoms with Crippen molar-refractivity contribution in [3.63, 3.8) is 0 Å². The van der Waals surface area contributed by atoms with Crippen LogP contribution in [-0.2, 0) is 4.79 Å². The minimum Gasteiger partial charge on any atom is -0.502 e.